The number of ether oxygens (including phenoxy) is 1. The normalized spacial score (nSPS) is 12.5. The van der Waals surface area contributed by atoms with Gasteiger partial charge in [-0.2, -0.15) is 0 Å². The van der Waals surface area contributed by atoms with Crippen LogP contribution in [0.1, 0.15) is 30.2 Å². The van der Waals surface area contributed by atoms with Gasteiger partial charge in [-0.3, -0.25) is 0 Å². The number of nitrogens with two attached hydrogens (primary N) is 1. The van der Waals surface area contributed by atoms with Crippen LogP contribution in [-0.2, 0) is 13.7 Å². The fourth-order valence-corrected chi connectivity index (χ4v) is 2.10. The van der Waals surface area contributed by atoms with E-state index >= 15 is 0 Å². The summed E-state index contributed by atoms with van der Waals surface area (Å²) in [6, 6.07) is 5.73. The molecule has 0 amide bonds. The van der Waals surface area contributed by atoms with Crippen molar-refractivity contribution in [2.45, 2.75) is 26.5 Å². The van der Waals surface area contributed by atoms with Gasteiger partial charge >= 0.3 is 0 Å². The van der Waals surface area contributed by atoms with Crippen molar-refractivity contribution >= 4 is 15.9 Å². The predicted molar refractivity (Wildman–Crippen MR) is 76.8 cm³/mol. The average molecular weight is 325 g/mol. The van der Waals surface area contributed by atoms with Crippen molar-refractivity contribution in [1.82, 2.24) is 14.8 Å². The fraction of sp³-hybridized carbons (Fsp3) is 0.385. The van der Waals surface area contributed by atoms with E-state index in [1.54, 1.807) is 0 Å². The van der Waals surface area contributed by atoms with Gasteiger partial charge in [-0.05, 0) is 32.0 Å². The number of aryl methyl sites for hydroxylation is 1. The number of rotatable bonds is 4. The molecule has 0 spiro atoms. The zero-order chi connectivity index (χ0) is 14.0. The summed E-state index contributed by atoms with van der Waals surface area (Å²) in [5.41, 5.74) is 6.92. The van der Waals surface area contributed by atoms with Crippen LogP contribution in [0.3, 0.4) is 0 Å². The Bertz CT molecular complexity index is 580. The highest BCUT2D eigenvalue weighted by molar-refractivity contribution is 9.10. The number of aromatic nitrogens is 3. The molecule has 0 unspecified atom stereocenters. The molecule has 0 aliphatic rings. The van der Waals surface area contributed by atoms with Crippen LogP contribution < -0.4 is 10.5 Å². The molecule has 2 rings (SSSR count). The summed E-state index contributed by atoms with van der Waals surface area (Å²) in [5, 5.41) is 8.07. The van der Waals surface area contributed by atoms with Crippen molar-refractivity contribution in [3.05, 3.63) is 39.9 Å². The van der Waals surface area contributed by atoms with E-state index in [4.69, 9.17) is 10.5 Å². The van der Waals surface area contributed by atoms with Gasteiger partial charge in [0.25, 0.3) is 0 Å². The molecule has 0 aliphatic carbocycles. The second-order valence-electron chi connectivity index (χ2n) is 4.48. The summed E-state index contributed by atoms with van der Waals surface area (Å²) < 4.78 is 8.70. The molecule has 2 N–H and O–H groups in total. The minimum Gasteiger partial charge on any atom is -0.485 e. The van der Waals surface area contributed by atoms with E-state index in [1.807, 2.05) is 43.7 Å². The Hall–Kier alpha value is -1.40. The van der Waals surface area contributed by atoms with Gasteiger partial charge < -0.3 is 15.0 Å². The van der Waals surface area contributed by atoms with Gasteiger partial charge in [-0.1, -0.05) is 15.9 Å². The standard InChI is InChI=1S/C13H17BrN4O/c1-8(15)11-6-10(14)4-5-12(11)19-7-13-17-16-9(2)18(13)3/h4-6,8H,7,15H2,1-3H3/t8-/m0/s1. The minimum absolute atomic E-state index is 0.0891. The highest BCUT2D eigenvalue weighted by Gasteiger charge is 2.11. The Morgan fingerprint density at radius 3 is 2.74 bits per heavy atom. The SMILES string of the molecule is Cc1nnc(COc2ccc(Br)cc2[C@H](C)N)n1C. The first kappa shape index (κ1) is 14.0. The Kier molecular flexibility index (Phi) is 4.21. The maximum Gasteiger partial charge on any atom is 0.170 e. The monoisotopic (exact) mass is 324 g/mol. The van der Waals surface area contributed by atoms with Crippen LogP contribution in [0.2, 0.25) is 0 Å². The van der Waals surface area contributed by atoms with Crippen LogP contribution >= 0.6 is 15.9 Å². The molecule has 102 valence electrons. The second kappa shape index (κ2) is 5.71. The lowest BCUT2D eigenvalue weighted by Gasteiger charge is -2.14. The van der Waals surface area contributed by atoms with E-state index in [-0.39, 0.29) is 6.04 Å². The van der Waals surface area contributed by atoms with Gasteiger partial charge in [0.1, 0.15) is 18.2 Å². The molecule has 2 aromatic rings. The molecule has 0 radical (unpaired) electrons. The third-order valence-corrected chi connectivity index (χ3v) is 3.50. The molecule has 6 heteroatoms. The second-order valence-corrected chi connectivity index (χ2v) is 5.40. The molecule has 0 aliphatic heterocycles. The Morgan fingerprint density at radius 1 is 1.42 bits per heavy atom. The molecule has 19 heavy (non-hydrogen) atoms. The van der Waals surface area contributed by atoms with E-state index in [0.717, 1.165) is 27.4 Å². The van der Waals surface area contributed by atoms with Crippen LogP contribution in [0.15, 0.2) is 22.7 Å². The molecule has 5 nitrogen and oxygen atoms in total. The molecule has 1 atom stereocenters. The van der Waals surface area contributed by atoms with E-state index in [9.17, 15) is 0 Å². The minimum atomic E-state index is -0.0891. The molecule has 0 fully saturated rings. The van der Waals surface area contributed by atoms with Crippen molar-refractivity contribution in [2.24, 2.45) is 12.8 Å². The third-order valence-electron chi connectivity index (χ3n) is 3.00. The molecular formula is C13H17BrN4O. The summed E-state index contributed by atoms with van der Waals surface area (Å²) in [4.78, 5) is 0. The maximum atomic E-state index is 5.95. The molecule has 0 saturated heterocycles. The number of hydrogen-bond acceptors (Lipinski definition) is 4. The van der Waals surface area contributed by atoms with Crippen LogP contribution in [-0.4, -0.2) is 14.8 Å². The number of hydrogen-bond donors (Lipinski definition) is 1. The smallest absolute Gasteiger partial charge is 0.170 e. The van der Waals surface area contributed by atoms with Crippen molar-refractivity contribution in [3.63, 3.8) is 0 Å². The van der Waals surface area contributed by atoms with Crippen molar-refractivity contribution in [2.75, 3.05) is 0 Å². The van der Waals surface area contributed by atoms with E-state index in [0.29, 0.717) is 6.61 Å². The van der Waals surface area contributed by atoms with Gasteiger partial charge in [0, 0.05) is 23.1 Å². The summed E-state index contributed by atoms with van der Waals surface area (Å²) >= 11 is 3.44. The summed E-state index contributed by atoms with van der Waals surface area (Å²) in [7, 11) is 1.92. The topological polar surface area (TPSA) is 66.0 Å². The summed E-state index contributed by atoms with van der Waals surface area (Å²) in [5.74, 6) is 2.43. The number of halogens is 1. The van der Waals surface area contributed by atoms with Gasteiger partial charge in [0.05, 0.1) is 0 Å². The van der Waals surface area contributed by atoms with E-state index < -0.39 is 0 Å². The fourth-order valence-electron chi connectivity index (χ4n) is 1.73. The van der Waals surface area contributed by atoms with Gasteiger partial charge in [-0.15, -0.1) is 10.2 Å². The lowest BCUT2D eigenvalue weighted by molar-refractivity contribution is 0.286. The largest absolute Gasteiger partial charge is 0.485 e. The number of nitrogens with zero attached hydrogens (tertiary/aromatic N) is 3. The average Bonchev–Trinajstić information content (AvgIpc) is 2.68. The van der Waals surface area contributed by atoms with E-state index in [1.165, 1.54) is 0 Å². The Labute approximate surface area is 120 Å². The van der Waals surface area contributed by atoms with Crippen molar-refractivity contribution < 1.29 is 4.74 Å². The Morgan fingerprint density at radius 2 is 2.16 bits per heavy atom. The van der Waals surface area contributed by atoms with Crippen LogP contribution in [0.4, 0.5) is 0 Å². The van der Waals surface area contributed by atoms with Crippen molar-refractivity contribution in [1.29, 1.82) is 0 Å². The van der Waals surface area contributed by atoms with Crippen LogP contribution in [0.25, 0.3) is 0 Å². The zero-order valence-electron chi connectivity index (χ0n) is 11.2. The molecule has 1 heterocycles. The quantitative estimate of drug-likeness (QED) is 0.938. The molecule has 0 saturated carbocycles. The maximum absolute atomic E-state index is 5.95. The predicted octanol–water partition coefficient (Wildman–Crippen LogP) is 2.48. The highest BCUT2D eigenvalue weighted by Crippen LogP contribution is 2.28. The molecule has 1 aromatic heterocycles. The summed E-state index contributed by atoms with van der Waals surface area (Å²) in [6.07, 6.45) is 0. The van der Waals surface area contributed by atoms with E-state index in [2.05, 4.69) is 26.1 Å². The molecule has 0 bridgehead atoms. The van der Waals surface area contributed by atoms with Gasteiger partial charge in [0.2, 0.25) is 0 Å². The first-order valence-electron chi connectivity index (χ1n) is 6.01. The first-order chi connectivity index (χ1) is 8.99. The molecule has 1 aromatic carbocycles. The van der Waals surface area contributed by atoms with Crippen LogP contribution in [0, 0.1) is 6.92 Å². The summed E-state index contributed by atoms with van der Waals surface area (Å²) in [6.45, 7) is 4.21. The highest BCUT2D eigenvalue weighted by atomic mass is 79.9. The molecular weight excluding hydrogens is 308 g/mol. The Balaban J connectivity index is 2.17. The first-order valence-corrected chi connectivity index (χ1v) is 6.81. The van der Waals surface area contributed by atoms with Gasteiger partial charge in [-0.25, -0.2) is 0 Å². The zero-order valence-corrected chi connectivity index (χ0v) is 12.8. The van der Waals surface area contributed by atoms with Crippen LogP contribution in [0.5, 0.6) is 5.75 Å². The third kappa shape index (κ3) is 3.13. The van der Waals surface area contributed by atoms with Crippen molar-refractivity contribution in [3.8, 4) is 5.75 Å². The van der Waals surface area contributed by atoms with Gasteiger partial charge in [0.15, 0.2) is 5.82 Å². The lowest BCUT2D eigenvalue weighted by Crippen LogP contribution is -2.10. The number of benzene rings is 1. The lowest BCUT2D eigenvalue weighted by atomic mass is 10.1.